The second-order valence-corrected chi connectivity index (χ2v) is 5.52. The number of piperazine rings is 1. The van der Waals surface area contributed by atoms with E-state index in [1.807, 2.05) is 12.1 Å². The van der Waals surface area contributed by atoms with Crippen molar-refractivity contribution in [3.05, 3.63) is 54.1 Å². The van der Waals surface area contributed by atoms with Gasteiger partial charge < -0.3 is 19.6 Å². The number of hydrogen-bond donors (Lipinski definition) is 1. The normalized spacial score (nSPS) is 14.6. The van der Waals surface area contributed by atoms with Crippen molar-refractivity contribution in [2.75, 3.05) is 31.6 Å². The van der Waals surface area contributed by atoms with Gasteiger partial charge in [0.1, 0.15) is 18.0 Å². The van der Waals surface area contributed by atoms with Gasteiger partial charge in [-0.05, 0) is 42.5 Å². The van der Waals surface area contributed by atoms with Crippen molar-refractivity contribution < 1.29 is 19.4 Å². The van der Waals surface area contributed by atoms with Crippen LogP contribution in [0.2, 0.25) is 0 Å². The van der Waals surface area contributed by atoms with E-state index in [-0.39, 0.29) is 24.1 Å². The van der Waals surface area contributed by atoms with Gasteiger partial charge in [-0.3, -0.25) is 9.59 Å². The number of rotatable bonds is 3. The number of carbonyl (C=O) groups is 2. The van der Waals surface area contributed by atoms with Crippen molar-refractivity contribution in [1.82, 2.24) is 4.90 Å². The fraction of sp³-hybridized carbons (Fsp3) is 0.222. The van der Waals surface area contributed by atoms with E-state index in [9.17, 15) is 14.7 Å². The molecule has 124 valence electrons. The lowest BCUT2D eigenvalue weighted by Crippen LogP contribution is -2.52. The van der Waals surface area contributed by atoms with Gasteiger partial charge in [0.2, 0.25) is 5.91 Å². The third kappa shape index (κ3) is 3.17. The topological polar surface area (TPSA) is 70.1 Å². The largest absolute Gasteiger partial charge is 0.508 e. The molecule has 0 spiro atoms. The first kappa shape index (κ1) is 15.9. The van der Waals surface area contributed by atoms with E-state index in [0.29, 0.717) is 18.7 Å². The number of methoxy groups -OCH3 is 1. The summed E-state index contributed by atoms with van der Waals surface area (Å²) >= 11 is 0. The lowest BCUT2D eigenvalue weighted by Gasteiger charge is -2.34. The standard InChI is InChI=1S/C18H18N2O4/c1-24-16-7-5-14(6-8-16)20-10-9-19(12-17(20)22)18(23)13-3-2-4-15(21)11-13/h2-8,11,21H,9-10,12H2,1H3. The molecule has 2 aromatic rings. The number of benzene rings is 2. The Morgan fingerprint density at radius 1 is 1.12 bits per heavy atom. The van der Waals surface area contributed by atoms with Crippen molar-refractivity contribution in [2.45, 2.75) is 0 Å². The average Bonchev–Trinajstić information content (AvgIpc) is 2.61. The van der Waals surface area contributed by atoms with Crippen LogP contribution in [0.1, 0.15) is 10.4 Å². The van der Waals surface area contributed by atoms with Crippen molar-refractivity contribution in [3.63, 3.8) is 0 Å². The molecule has 0 radical (unpaired) electrons. The molecule has 0 bridgehead atoms. The fourth-order valence-corrected chi connectivity index (χ4v) is 2.70. The van der Waals surface area contributed by atoms with E-state index < -0.39 is 0 Å². The lowest BCUT2D eigenvalue weighted by molar-refractivity contribution is -0.120. The van der Waals surface area contributed by atoms with Crippen molar-refractivity contribution in [3.8, 4) is 11.5 Å². The second-order valence-electron chi connectivity index (χ2n) is 5.52. The highest BCUT2D eigenvalue weighted by Crippen LogP contribution is 2.22. The number of amides is 2. The summed E-state index contributed by atoms with van der Waals surface area (Å²) in [6, 6.07) is 13.4. The Morgan fingerprint density at radius 3 is 2.50 bits per heavy atom. The van der Waals surface area contributed by atoms with Crippen LogP contribution < -0.4 is 9.64 Å². The first-order valence-corrected chi connectivity index (χ1v) is 7.61. The third-order valence-corrected chi connectivity index (χ3v) is 3.99. The maximum Gasteiger partial charge on any atom is 0.254 e. The summed E-state index contributed by atoms with van der Waals surface area (Å²) in [5.41, 5.74) is 1.16. The zero-order valence-electron chi connectivity index (χ0n) is 13.3. The quantitative estimate of drug-likeness (QED) is 0.935. The number of aromatic hydroxyl groups is 1. The van der Waals surface area contributed by atoms with Gasteiger partial charge >= 0.3 is 0 Å². The number of phenolic OH excluding ortho intramolecular Hbond substituents is 1. The van der Waals surface area contributed by atoms with Gasteiger partial charge in [0.05, 0.1) is 7.11 Å². The van der Waals surface area contributed by atoms with Gasteiger partial charge in [-0.25, -0.2) is 0 Å². The molecule has 1 heterocycles. The summed E-state index contributed by atoms with van der Waals surface area (Å²) in [4.78, 5) is 28.0. The summed E-state index contributed by atoms with van der Waals surface area (Å²) < 4.78 is 5.11. The maximum atomic E-state index is 12.5. The number of anilines is 1. The zero-order valence-corrected chi connectivity index (χ0v) is 13.3. The molecule has 0 aromatic heterocycles. The van der Waals surface area contributed by atoms with Crippen LogP contribution in [-0.2, 0) is 4.79 Å². The molecule has 24 heavy (non-hydrogen) atoms. The van der Waals surface area contributed by atoms with Crippen molar-refractivity contribution >= 4 is 17.5 Å². The molecular formula is C18H18N2O4. The van der Waals surface area contributed by atoms with E-state index in [1.165, 1.54) is 17.0 Å². The van der Waals surface area contributed by atoms with E-state index in [2.05, 4.69) is 0 Å². The number of carbonyl (C=O) groups excluding carboxylic acids is 2. The molecule has 2 aromatic carbocycles. The van der Waals surface area contributed by atoms with Gasteiger partial charge in [0.15, 0.2) is 0 Å². The Kier molecular flexibility index (Phi) is 4.37. The van der Waals surface area contributed by atoms with Crippen LogP contribution in [0.15, 0.2) is 48.5 Å². The molecular weight excluding hydrogens is 308 g/mol. The van der Waals surface area contributed by atoms with E-state index in [0.717, 1.165) is 11.4 Å². The smallest absolute Gasteiger partial charge is 0.254 e. The monoisotopic (exact) mass is 326 g/mol. The van der Waals surface area contributed by atoms with Gasteiger partial charge in [-0.2, -0.15) is 0 Å². The van der Waals surface area contributed by atoms with Crippen LogP contribution in [0.25, 0.3) is 0 Å². The Hall–Kier alpha value is -3.02. The zero-order chi connectivity index (χ0) is 17.1. The Labute approximate surface area is 139 Å². The van der Waals surface area contributed by atoms with Crippen LogP contribution in [0, 0.1) is 0 Å². The molecule has 1 aliphatic rings. The molecule has 0 unspecified atom stereocenters. The Morgan fingerprint density at radius 2 is 1.88 bits per heavy atom. The van der Waals surface area contributed by atoms with Crippen molar-refractivity contribution in [2.24, 2.45) is 0 Å². The summed E-state index contributed by atoms with van der Waals surface area (Å²) in [6.45, 7) is 0.877. The Bertz CT molecular complexity index is 758. The predicted molar refractivity (Wildman–Crippen MR) is 89.4 cm³/mol. The van der Waals surface area contributed by atoms with Gasteiger partial charge in [0, 0.05) is 24.3 Å². The molecule has 0 saturated carbocycles. The minimum Gasteiger partial charge on any atom is -0.508 e. The van der Waals surface area contributed by atoms with Crippen LogP contribution >= 0.6 is 0 Å². The van der Waals surface area contributed by atoms with Crippen molar-refractivity contribution in [1.29, 1.82) is 0 Å². The highest BCUT2D eigenvalue weighted by molar-refractivity contribution is 6.01. The summed E-state index contributed by atoms with van der Waals surface area (Å²) in [6.07, 6.45) is 0. The minimum atomic E-state index is -0.256. The number of nitrogens with zero attached hydrogens (tertiary/aromatic N) is 2. The predicted octanol–water partition coefficient (Wildman–Crippen LogP) is 1.89. The fourth-order valence-electron chi connectivity index (χ4n) is 2.70. The molecule has 1 fully saturated rings. The molecule has 0 aliphatic carbocycles. The number of ether oxygens (including phenoxy) is 1. The van der Waals surface area contributed by atoms with Crippen LogP contribution in [0.4, 0.5) is 5.69 Å². The van der Waals surface area contributed by atoms with Gasteiger partial charge in [0.25, 0.3) is 5.91 Å². The van der Waals surface area contributed by atoms with E-state index in [4.69, 9.17) is 4.74 Å². The molecule has 2 amide bonds. The van der Waals surface area contributed by atoms with Gasteiger partial charge in [-0.1, -0.05) is 6.07 Å². The third-order valence-electron chi connectivity index (χ3n) is 3.99. The molecule has 0 atom stereocenters. The molecule has 3 rings (SSSR count). The lowest BCUT2D eigenvalue weighted by atomic mass is 10.1. The summed E-state index contributed by atoms with van der Waals surface area (Å²) in [5.74, 6) is 0.362. The van der Waals surface area contributed by atoms with Gasteiger partial charge in [-0.15, -0.1) is 0 Å². The molecule has 1 aliphatic heterocycles. The maximum absolute atomic E-state index is 12.5. The summed E-state index contributed by atoms with van der Waals surface area (Å²) in [5, 5.41) is 9.49. The summed E-state index contributed by atoms with van der Waals surface area (Å²) in [7, 11) is 1.59. The SMILES string of the molecule is COc1ccc(N2CCN(C(=O)c3cccc(O)c3)CC2=O)cc1. The second kappa shape index (κ2) is 6.62. The number of phenols is 1. The van der Waals surface area contributed by atoms with Crippen LogP contribution in [-0.4, -0.2) is 48.6 Å². The molecule has 1 saturated heterocycles. The average molecular weight is 326 g/mol. The minimum absolute atomic E-state index is 0.0144. The first-order valence-electron chi connectivity index (χ1n) is 7.61. The highest BCUT2D eigenvalue weighted by atomic mass is 16.5. The van der Waals surface area contributed by atoms with E-state index in [1.54, 1.807) is 36.3 Å². The van der Waals surface area contributed by atoms with E-state index >= 15 is 0 Å². The first-order chi connectivity index (χ1) is 11.6. The molecule has 1 N–H and O–H groups in total. The Balaban J connectivity index is 1.70. The molecule has 6 nitrogen and oxygen atoms in total. The van der Waals surface area contributed by atoms with Crippen LogP contribution in [0.5, 0.6) is 11.5 Å². The highest BCUT2D eigenvalue weighted by Gasteiger charge is 2.28. The number of hydrogen-bond acceptors (Lipinski definition) is 4. The van der Waals surface area contributed by atoms with Crippen LogP contribution in [0.3, 0.4) is 0 Å². The molecule has 6 heteroatoms.